The van der Waals surface area contributed by atoms with Gasteiger partial charge < -0.3 is 16.2 Å². The highest BCUT2D eigenvalue weighted by Gasteiger charge is 2.02. The van der Waals surface area contributed by atoms with Gasteiger partial charge in [-0.05, 0) is 40.3 Å². The van der Waals surface area contributed by atoms with E-state index in [0.29, 0.717) is 12.3 Å². The molecule has 0 spiro atoms. The molecule has 6 heteroatoms. The van der Waals surface area contributed by atoms with Gasteiger partial charge in [0.15, 0.2) is 5.96 Å². The van der Waals surface area contributed by atoms with Crippen LogP contribution in [0.15, 0.2) is 23.2 Å². The second kappa shape index (κ2) is 6.51. The molecule has 4 N–H and O–H groups in total. The zero-order valence-corrected chi connectivity index (χ0v) is 10.8. The molecule has 0 aliphatic carbocycles. The number of halogens is 2. The van der Waals surface area contributed by atoms with E-state index in [1.165, 1.54) is 0 Å². The summed E-state index contributed by atoms with van der Waals surface area (Å²) < 4.78 is 18.0. The number of nitrogens with two attached hydrogens (primary N) is 2. The number of nitrogens with zero attached hydrogens (tertiary/aromatic N) is 1. The predicted molar refractivity (Wildman–Crippen MR) is 70.1 cm³/mol. The highest BCUT2D eigenvalue weighted by atomic mass is 127. The van der Waals surface area contributed by atoms with Gasteiger partial charge in [-0.2, -0.15) is 0 Å². The molecule has 0 saturated carbocycles. The van der Waals surface area contributed by atoms with Crippen molar-refractivity contribution in [3.8, 4) is 5.75 Å². The normalized spacial score (nSPS) is 9.88. The number of hydrogen-bond acceptors (Lipinski definition) is 2. The van der Waals surface area contributed by atoms with Crippen molar-refractivity contribution in [3.63, 3.8) is 0 Å². The molecule has 16 heavy (non-hydrogen) atoms. The van der Waals surface area contributed by atoms with Gasteiger partial charge in [-0.15, -0.1) is 0 Å². The van der Waals surface area contributed by atoms with Crippen LogP contribution >= 0.6 is 22.6 Å². The predicted octanol–water partition coefficient (Wildman–Crippen LogP) is 1.41. The van der Waals surface area contributed by atoms with Crippen molar-refractivity contribution in [2.24, 2.45) is 16.5 Å². The minimum atomic E-state index is -0.494. The van der Waals surface area contributed by atoms with Crippen molar-refractivity contribution in [3.05, 3.63) is 27.3 Å². The Morgan fingerprint density at radius 2 is 2.19 bits per heavy atom. The molecule has 0 unspecified atom stereocenters. The number of aliphatic imine (C=N–C) groups is 1. The molecular formula is C10H13FIN3O. The molecule has 1 aromatic rings. The lowest BCUT2D eigenvalue weighted by Crippen LogP contribution is -2.22. The first-order chi connectivity index (χ1) is 7.63. The summed E-state index contributed by atoms with van der Waals surface area (Å²) in [6, 6.07) is 5.54. The molecule has 0 heterocycles. The highest BCUT2D eigenvalue weighted by Crippen LogP contribution is 2.22. The van der Waals surface area contributed by atoms with Gasteiger partial charge in [0.2, 0.25) is 0 Å². The second-order valence-corrected chi connectivity index (χ2v) is 4.21. The first-order valence-electron chi connectivity index (χ1n) is 4.66. The van der Waals surface area contributed by atoms with E-state index in [-0.39, 0.29) is 12.6 Å². The molecular weight excluding hydrogens is 324 g/mol. The van der Waals surface area contributed by atoms with Crippen LogP contribution < -0.4 is 16.2 Å². The minimum Gasteiger partial charge on any atom is -0.490 e. The Morgan fingerprint density at radius 3 is 2.75 bits per heavy atom. The Morgan fingerprint density at radius 1 is 1.44 bits per heavy atom. The van der Waals surface area contributed by atoms with Crippen LogP contribution in [0.25, 0.3) is 0 Å². The molecule has 0 amide bonds. The zero-order chi connectivity index (χ0) is 12.0. The van der Waals surface area contributed by atoms with Crippen LogP contribution in [0.1, 0.15) is 5.56 Å². The maximum absolute atomic E-state index is 11.9. The van der Waals surface area contributed by atoms with Crippen molar-refractivity contribution in [2.75, 3.05) is 13.3 Å². The summed E-state index contributed by atoms with van der Waals surface area (Å²) >= 11 is 2.12. The number of hydrogen-bond donors (Lipinski definition) is 2. The van der Waals surface area contributed by atoms with E-state index in [1.54, 1.807) is 6.07 Å². The standard InChI is InChI=1S/C10H13FIN3O/c11-3-4-16-9-2-1-7(5-8(9)12)6-15-10(13)14/h1-2,5H,3-4,6H2,(H4,13,14,15). The lowest BCUT2D eigenvalue weighted by Gasteiger charge is -2.07. The third-order valence-corrected chi connectivity index (χ3v) is 2.62. The SMILES string of the molecule is NC(N)=NCc1ccc(OCCF)c(I)c1. The number of benzene rings is 1. The van der Waals surface area contributed by atoms with Crippen molar-refractivity contribution in [1.82, 2.24) is 0 Å². The monoisotopic (exact) mass is 337 g/mol. The average Bonchev–Trinajstić information content (AvgIpc) is 2.25. The van der Waals surface area contributed by atoms with Crippen molar-refractivity contribution in [2.45, 2.75) is 6.54 Å². The van der Waals surface area contributed by atoms with Crippen molar-refractivity contribution < 1.29 is 9.13 Å². The Balaban J connectivity index is 2.70. The third-order valence-electron chi connectivity index (χ3n) is 1.78. The summed E-state index contributed by atoms with van der Waals surface area (Å²) in [6.45, 7) is 0.0107. The molecule has 0 aliphatic rings. The zero-order valence-electron chi connectivity index (χ0n) is 8.62. The molecule has 0 aromatic heterocycles. The average molecular weight is 337 g/mol. The lowest BCUT2D eigenvalue weighted by atomic mass is 10.2. The summed E-state index contributed by atoms with van der Waals surface area (Å²) in [5.74, 6) is 0.736. The molecule has 4 nitrogen and oxygen atoms in total. The summed E-state index contributed by atoms with van der Waals surface area (Å²) in [5, 5.41) is 0. The third kappa shape index (κ3) is 4.21. The summed E-state index contributed by atoms with van der Waals surface area (Å²) in [5.41, 5.74) is 11.4. The van der Waals surface area contributed by atoms with Crippen LogP contribution in [0.3, 0.4) is 0 Å². The first kappa shape index (κ1) is 13.0. The van der Waals surface area contributed by atoms with Gasteiger partial charge in [0, 0.05) is 0 Å². The van der Waals surface area contributed by atoms with Gasteiger partial charge in [0.1, 0.15) is 19.0 Å². The van der Waals surface area contributed by atoms with E-state index in [2.05, 4.69) is 27.6 Å². The molecule has 0 aliphatic heterocycles. The van der Waals surface area contributed by atoms with Crippen LogP contribution in [-0.4, -0.2) is 19.2 Å². The van der Waals surface area contributed by atoms with E-state index in [4.69, 9.17) is 16.2 Å². The Kier molecular flexibility index (Phi) is 5.30. The summed E-state index contributed by atoms with van der Waals surface area (Å²) in [6.07, 6.45) is 0. The summed E-state index contributed by atoms with van der Waals surface area (Å²) in [4.78, 5) is 3.90. The van der Waals surface area contributed by atoms with Crippen molar-refractivity contribution >= 4 is 28.6 Å². The van der Waals surface area contributed by atoms with Gasteiger partial charge in [0.25, 0.3) is 0 Å². The number of guanidine groups is 1. The molecule has 1 rings (SSSR count). The number of ether oxygens (including phenoxy) is 1. The van der Waals surface area contributed by atoms with E-state index >= 15 is 0 Å². The van der Waals surface area contributed by atoms with E-state index in [1.807, 2.05) is 12.1 Å². The Bertz CT molecular complexity index is 380. The molecule has 0 saturated heterocycles. The Hall–Kier alpha value is -1.05. The Labute approximate surface area is 107 Å². The fraction of sp³-hybridized carbons (Fsp3) is 0.300. The van der Waals surface area contributed by atoms with Gasteiger partial charge in [-0.3, -0.25) is 0 Å². The fourth-order valence-corrected chi connectivity index (χ4v) is 1.83. The largest absolute Gasteiger partial charge is 0.490 e. The van der Waals surface area contributed by atoms with Gasteiger partial charge in [-0.25, -0.2) is 9.38 Å². The lowest BCUT2D eigenvalue weighted by molar-refractivity contribution is 0.271. The highest BCUT2D eigenvalue weighted by molar-refractivity contribution is 14.1. The van der Waals surface area contributed by atoms with Crippen LogP contribution in [0.2, 0.25) is 0 Å². The molecule has 0 atom stereocenters. The second-order valence-electron chi connectivity index (χ2n) is 3.04. The number of rotatable bonds is 5. The van der Waals surface area contributed by atoms with E-state index in [9.17, 15) is 4.39 Å². The van der Waals surface area contributed by atoms with E-state index in [0.717, 1.165) is 9.13 Å². The maximum Gasteiger partial charge on any atom is 0.186 e. The summed E-state index contributed by atoms with van der Waals surface area (Å²) in [7, 11) is 0. The van der Waals surface area contributed by atoms with Gasteiger partial charge in [0.05, 0.1) is 10.1 Å². The molecule has 0 bridgehead atoms. The molecule has 88 valence electrons. The quantitative estimate of drug-likeness (QED) is 0.485. The molecule has 0 radical (unpaired) electrons. The van der Waals surface area contributed by atoms with Crippen molar-refractivity contribution in [1.29, 1.82) is 0 Å². The fourth-order valence-electron chi connectivity index (χ4n) is 1.09. The van der Waals surface area contributed by atoms with Crippen LogP contribution in [-0.2, 0) is 6.54 Å². The van der Waals surface area contributed by atoms with Gasteiger partial charge >= 0.3 is 0 Å². The maximum atomic E-state index is 11.9. The smallest absolute Gasteiger partial charge is 0.186 e. The van der Waals surface area contributed by atoms with Gasteiger partial charge in [-0.1, -0.05) is 6.07 Å². The molecule has 0 fully saturated rings. The topological polar surface area (TPSA) is 73.6 Å². The minimum absolute atomic E-state index is 0.0627. The number of alkyl halides is 1. The van der Waals surface area contributed by atoms with E-state index < -0.39 is 6.67 Å². The van der Waals surface area contributed by atoms with Crippen LogP contribution in [0, 0.1) is 3.57 Å². The first-order valence-corrected chi connectivity index (χ1v) is 5.74. The van der Waals surface area contributed by atoms with Crippen LogP contribution in [0.4, 0.5) is 4.39 Å². The van der Waals surface area contributed by atoms with Crippen LogP contribution in [0.5, 0.6) is 5.75 Å². The molecule has 1 aromatic carbocycles.